The molecule has 0 saturated carbocycles. The fourth-order valence-electron chi connectivity index (χ4n) is 2.74. The fourth-order valence-corrected chi connectivity index (χ4v) is 2.92. The summed E-state index contributed by atoms with van der Waals surface area (Å²) in [4.78, 5) is 12.4. The van der Waals surface area contributed by atoms with Gasteiger partial charge in [0.15, 0.2) is 0 Å². The van der Waals surface area contributed by atoms with E-state index in [9.17, 15) is 4.79 Å². The molecule has 4 aromatic rings. The van der Waals surface area contributed by atoms with Crippen molar-refractivity contribution in [2.75, 3.05) is 5.32 Å². The first-order chi connectivity index (χ1) is 11.2. The standard InChI is InChI=1S/C19H12ClNO2/c20-14-8-2-3-9-15(14)21-16-10-5-7-13-12-6-1-4-11-17(12)23-19(22)18(13)16/h1-11,21H. The molecule has 0 fully saturated rings. The quantitative estimate of drug-likeness (QED) is 0.400. The smallest absolute Gasteiger partial charge is 0.346 e. The Labute approximate surface area is 137 Å². The van der Waals surface area contributed by atoms with E-state index in [0.717, 1.165) is 16.5 Å². The average Bonchev–Trinajstić information content (AvgIpc) is 2.57. The molecule has 0 aliphatic rings. The molecule has 0 saturated heterocycles. The Morgan fingerprint density at radius 3 is 2.35 bits per heavy atom. The Morgan fingerprint density at radius 2 is 1.48 bits per heavy atom. The van der Waals surface area contributed by atoms with Crippen LogP contribution in [0.3, 0.4) is 0 Å². The van der Waals surface area contributed by atoms with Gasteiger partial charge in [0.1, 0.15) is 5.58 Å². The van der Waals surface area contributed by atoms with Gasteiger partial charge in [-0.25, -0.2) is 4.79 Å². The number of rotatable bonds is 2. The number of hydrogen-bond acceptors (Lipinski definition) is 3. The van der Waals surface area contributed by atoms with Crippen LogP contribution in [0.5, 0.6) is 0 Å². The van der Waals surface area contributed by atoms with Crippen molar-refractivity contribution in [1.29, 1.82) is 0 Å². The Kier molecular flexibility index (Phi) is 3.28. The number of benzene rings is 3. The van der Waals surface area contributed by atoms with Crippen molar-refractivity contribution < 1.29 is 4.42 Å². The van der Waals surface area contributed by atoms with Gasteiger partial charge in [0, 0.05) is 10.8 Å². The normalized spacial score (nSPS) is 11.0. The number of halogens is 1. The minimum absolute atomic E-state index is 0.367. The Morgan fingerprint density at radius 1 is 0.783 bits per heavy atom. The van der Waals surface area contributed by atoms with Crippen LogP contribution in [-0.4, -0.2) is 0 Å². The summed E-state index contributed by atoms with van der Waals surface area (Å²) in [5.74, 6) is 0. The van der Waals surface area contributed by atoms with E-state index in [2.05, 4.69) is 5.32 Å². The van der Waals surface area contributed by atoms with Gasteiger partial charge in [-0.2, -0.15) is 0 Å². The Bertz CT molecular complexity index is 1090. The lowest BCUT2D eigenvalue weighted by atomic mass is 10.1. The molecule has 1 heterocycles. The van der Waals surface area contributed by atoms with Crippen LogP contribution in [0, 0.1) is 0 Å². The predicted molar refractivity (Wildman–Crippen MR) is 94.7 cm³/mol. The zero-order valence-corrected chi connectivity index (χ0v) is 12.8. The first kappa shape index (κ1) is 13.9. The van der Waals surface area contributed by atoms with E-state index >= 15 is 0 Å². The summed E-state index contributed by atoms with van der Waals surface area (Å²) in [6.07, 6.45) is 0. The van der Waals surface area contributed by atoms with E-state index in [0.29, 0.717) is 21.7 Å². The highest BCUT2D eigenvalue weighted by atomic mass is 35.5. The second kappa shape index (κ2) is 5.45. The summed E-state index contributed by atoms with van der Waals surface area (Å²) in [6.45, 7) is 0. The van der Waals surface area contributed by atoms with E-state index < -0.39 is 0 Å². The second-order valence-electron chi connectivity index (χ2n) is 5.22. The molecule has 0 spiro atoms. The fraction of sp³-hybridized carbons (Fsp3) is 0. The van der Waals surface area contributed by atoms with Gasteiger partial charge in [0.2, 0.25) is 0 Å². The molecule has 23 heavy (non-hydrogen) atoms. The van der Waals surface area contributed by atoms with Gasteiger partial charge in [-0.3, -0.25) is 0 Å². The highest BCUT2D eigenvalue weighted by Gasteiger charge is 2.11. The van der Waals surface area contributed by atoms with Crippen molar-refractivity contribution in [1.82, 2.24) is 0 Å². The summed E-state index contributed by atoms with van der Waals surface area (Å²) < 4.78 is 5.45. The number of para-hydroxylation sites is 2. The Balaban J connectivity index is 2.00. The maximum Gasteiger partial charge on any atom is 0.346 e. The van der Waals surface area contributed by atoms with Crippen molar-refractivity contribution >= 4 is 44.7 Å². The predicted octanol–water partition coefficient (Wildman–Crippen LogP) is 5.34. The summed E-state index contributed by atoms with van der Waals surface area (Å²) >= 11 is 6.20. The summed E-state index contributed by atoms with van der Waals surface area (Å²) in [6, 6.07) is 20.6. The van der Waals surface area contributed by atoms with Crippen LogP contribution >= 0.6 is 11.6 Å². The largest absolute Gasteiger partial charge is 0.422 e. The van der Waals surface area contributed by atoms with Crippen molar-refractivity contribution in [2.24, 2.45) is 0 Å². The number of nitrogens with one attached hydrogen (secondary N) is 1. The van der Waals surface area contributed by atoms with Gasteiger partial charge < -0.3 is 9.73 Å². The second-order valence-corrected chi connectivity index (χ2v) is 5.63. The molecule has 112 valence electrons. The van der Waals surface area contributed by atoms with Gasteiger partial charge in [0.05, 0.1) is 21.8 Å². The molecular formula is C19H12ClNO2. The molecule has 4 rings (SSSR count). The third-order valence-corrected chi connectivity index (χ3v) is 4.12. The van der Waals surface area contributed by atoms with Crippen molar-refractivity contribution in [3.63, 3.8) is 0 Å². The average molecular weight is 322 g/mol. The van der Waals surface area contributed by atoms with E-state index in [-0.39, 0.29) is 5.63 Å². The Hall–Kier alpha value is -2.78. The molecule has 0 bridgehead atoms. The molecule has 3 nitrogen and oxygen atoms in total. The lowest BCUT2D eigenvalue weighted by Crippen LogP contribution is -2.04. The molecule has 1 N–H and O–H groups in total. The number of fused-ring (bicyclic) bond motifs is 3. The van der Waals surface area contributed by atoms with Crippen molar-refractivity contribution in [3.05, 3.63) is 82.2 Å². The topological polar surface area (TPSA) is 42.2 Å². The molecular weight excluding hydrogens is 310 g/mol. The third-order valence-electron chi connectivity index (χ3n) is 3.79. The van der Waals surface area contributed by atoms with E-state index in [4.69, 9.17) is 16.0 Å². The molecule has 0 unspecified atom stereocenters. The molecule has 0 radical (unpaired) electrons. The molecule has 0 aliphatic carbocycles. The van der Waals surface area contributed by atoms with E-state index in [1.165, 1.54) is 0 Å². The van der Waals surface area contributed by atoms with Gasteiger partial charge in [-0.1, -0.05) is 54.1 Å². The van der Waals surface area contributed by atoms with Gasteiger partial charge >= 0.3 is 5.63 Å². The summed E-state index contributed by atoms with van der Waals surface area (Å²) in [7, 11) is 0. The summed E-state index contributed by atoms with van der Waals surface area (Å²) in [5, 5.41) is 6.10. The molecule has 0 amide bonds. The van der Waals surface area contributed by atoms with Crippen LogP contribution in [-0.2, 0) is 0 Å². The highest BCUT2D eigenvalue weighted by molar-refractivity contribution is 6.33. The lowest BCUT2D eigenvalue weighted by Gasteiger charge is -2.11. The van der Waals surface area contributed by atoms with Crippen molar-refractivity contribution in [3.8, 4) is 0 Å². The van der Waals surface area contributed by atoms with Crippen molar-refractivity contribution in [2.45, 2.75) is 0 Å². The van der Waals surface area contributed by atoms with Crippen LogP contribution in [0.25, 0.3) is 21.7 Å². The molecule has 4 heteroatoms. The van der Waals surface area contributed by atoms with Crippen LogP contribution in [0.2, 0.25) is 5.02 Å². The summed E-state index contributed by atoms with van der Waals surface area (Å²) in [5.41, 5.74) is 1.64. The molecule has 3 aromatic carbocycles. The first-order valence-electron chi connectivity index (χ1n) is 7.20. The number of anilines is 2. The zero-order valence-electron chi connectivity index (χ0n) is 12.0. The van der Waals surface area contributed by atoms with Crippen LogP contribution < -0.4 is 10.9 Å². The van der Waals surface area contributed by atoms with Crippen LogP contribution in [0.1, 0.15) is 0 Å². The maximum absolute atomic E-state index is 12.4. The molecule has 0 aliphatic heterocycles. The lowest BCUT2D eigenvalue weighted by molar-refractivity contribution is 0.570. The third kappa shape index (κ3) is 2.35. The van der Waals surface area contributed by atoms with E-state index in [1.807, 2.05) is 54.6 Å². The SMILES string of the molecule is O=c1oc2ccccc2c2cccc(Nc3ccccc3Cl)c12. The van der Waals surface area contributed by atoms with Crippen LogP contribution in [0.4, 0.5) is 11.4 Å². The van der Waals surface area contributed by atoms with Gasteiger partial charge in [-0.15, -0.1) is 0 Å². The number of hydrogen-bond donors (Lipinski definition) is 1. The minimum Gasteiger partial charge on any atom is -0.422 e. The minimum atomic E-state index is -0.367. The maximum atomic E-state index is 12.4. The molecule has 0 atom stereocenters. The van der Waals surface area contributed by atoms with E-state index in [1.54, 1.807) is 12.1 Å². The van der Waals surface area contributed by atoms with Crippen LogP contribution in [0.15, 0.2) is 75.9 Å². The zero-order chi connectivity index (χ0) is 15.8. The van der Waals surface area contributed by atoms with Gasteiger partial charge in [-0.05, 0) is 24.3 Å². The molecule has 1 aromatic heterocycles. The monoisotopic (exact) mass is 321 g/mol. The first-order valence-corrected chi connectivity index (χ1v) is 7.58. The van der Waals surface area contributed by atoms with Gasteiger partial charge in [0.25, 0.3) is 0 Å². The highest BCUT2D eigenvalue weighted by Crippen LogP contribution is 2.31.